The standard InChI is InChI=1S/C29H20BrN3O/c1-34-25-15-9-8-14-23(25)29-31-24-18-21(30)16-17-22(24)28-32-26(19-10-4-2-5-11-19)27(33(28)29)20-12-6-3-7-13-20/h2-18H,1H3. The third kappa shape index (κ3) is 3.37. The van der Waals surface area contributed by atoms with E-state index in [2.05, 4.69) is 62.8 Å². The first kappa shape index (κ1) is 20.6. The molecule has 0 bridgehead atoms. The summed E-state index contributed by atoms with van der Waals surface area (Å²) in [6, 6.07) is 34.8. The van der Waals surface area contributed by atoms with Crippen LogP contribution in [0.2, 0.25) is 0 Å². The van der Waals surface area contributed by atoms with Gasteiger partial charge in [0, 0.05) is 21.0 Å². The van der Waals surface area contributed by atoms with E-state index in [1.165, 1.54) is 0 Å². The van der Waals surface area contributed by atoms with Gasteiger partial charge in [-0.15, -0.1) is 0 Å². The summed E-state index contributed by atoms with van der Waals surface area (Å²) in [4.78, 5) is 10.4. The Bertz CT molecular complexity index is 1640. The highest BCUT2D eigenvalue weighted by Gasteiger charge is 2.23. The van der Waals surface area contributed by atoms with Crippen LogP contribution in [0.4, 0.5) is 0 Å². The molecule has 0 amide bonds. The van der Waals surface area contributed by atoms with Crippen LogP contribution in [0.5, 0.6) is 5.75 Å². The average Bonchev–Trinajstić information content (AvgIpc) is 3.30. The van der Waals surface area contributed by atoms with Crippen LogP contribution in [-0.2, 0) is 0 Å². The molecule has 6 aromatic rings. The molecule has 0 spiro atoms. The fraction of sp³-hybridized carbons (Fsp3) is 0.0345. The van der Waals surface area contributed by atoms with Crippen LogP contribution in [0.15, 0.2) is 108 Å². The van der Waals surface area contributed by atoms with Gasteiger partial charge in [0.05, 0.1) is 29.6 Å². The lowest BCUT2D eigenvalue weighted by atomic mass is 10.0. The van der Waals surface area contributed by atoms with Gasteiger partial charge in [0.2, 0.25) is 0 Å². The number of aromatic nitrogens is 3. The molecule has 0 fully saturated rings. The molecule has 164 valence electrons. The van der Waals surface area contributed by atoms with E-state index in [0.717, 1.165) is 60.7 Å². The fourth-order valence-electron chi connectivity index (χ4n) is 4.43. The molecule has 0 N–H and O–H groups in total. The van der Waals surface area contributed by atoms with Crippen LogP contribution in [0, 0.1) is 0 Å². The summed E-state index contributed by atoms with van der Waals surface area (Å²) in [6.45, 7) is 0. The summed E-state index contributed by atoms with van der Waals surface area (Å²) in [6.07, 6.45) is 0. The molecule has 0 aliphatic rings. The SMILES string of the molecule is COc1ccccc1-c1nc2cc(Br)ccc2c2nc(-c3ccccc3)c(-c3ccccc3)n12. The number of hydrogen-bond donors (Lipinski definition) is 0. The van der Waals surface area contributed by atoms with Crippen molar-refractivity contribution in [2.24, 2.45) is 0 Å². The van der Waals surface area contributed by atoms with E-state index >= 15 is 0 Å². The number of imidazole rings is 1. The Morgan fingerprint density at radius 3 is 2.15 bits per heavy atom. The van der Waals surface area contributed by atoms with Crippen molar-refractivity contribution in [1.82, 2.24) is 14.4 Å². The molecule has 0 saturated carbocycles. The second-order valence-electron chi connectivity index (χ2n) is 8.00. The Morgan fingerprint density at radius 2 is 1.41 bits per heavy atom. The lowest BCUT2D eigenvalue weighted by Gasteiger charge is -2.14. The Morgan fingerprint density at radius 1 is 0.735 bits per heavy atom. The predicted octanol–water partition coefficient (Wildman–Crippen LogP) is 7.65. The largest absolute Gasteiger partial charge is 0.496 e. The fourth-order valence-corrected chi connectivity index (χ4v) is 4.78. The molecule has 0 saturated heterocycles. The van der Waals surface area contributed by atoms with Crippen molar-refractivity contribution < 1.29 is 4.74 Å². The summed E-state index contributed by atoms with van der Waals surface area (Å²) in [5.74, 6) is 1.55. The zero-order valence-corrected chi connectivity index (χ0v) is 20.0. The highest BCUT2D eigenvalue weighted by molar-refractivity contribution is 9.10. The van der Waals surface area contributed by atoms with Crippen LogP contribution in [0.3, 0.4) is 0 Å². The molecule has 5 heteroatoms. The molecule has 4 nitrogen and oxygen atoms in total. The normalized spacial score (nSPS) is 11.2. The first-order valence-corrected chi connectivity index (χ1v) is 11.8. The summed E-state index contributed by atoms with van der Waals surface area (Å²) in [7, 11) is 1.69. The second-order valence-corrected chi connectivity index (χ2v) is 8.91. The number of ether oxygens (including phenoxy) is 1. The molecule has 0 unspecified atom stereocenters. The molecular formula is C29H20BrN3O. The highest BCUT2D eigenvalue weighted by atomic mass is 79.9. The Hall–Kier alpha value is -3.96. The molecule has 0 aliphatic heterocycles. The minimum atomic E-state index is 0.764. The third-order valence-corrected chi connectivity index (χ3v) is 6.45. The van der Waals surface area contributed by atoms with Gasteiger partial charge in [0.25, 0.3) is 0 Å². The Labute approximate surface area is 205 Å². The molecule has 0 atom stereocenters. The van der Waals surface area contributed by atoms with Gasteiger partial charge in [0.15, 0.2) is 5.82 Å². The molecule has 2 heterocycles. The van der Waals surface area contributed by atoms with Crippen molar-refractivity contribution in [3.63, 3.8) is 0 Å². The summed E-state index contributed by atoms with van der Waals surface area (Å²) in [5, 5.41) is 0.987. The smallest absolute Gasteiger partial charge is 0.150 e. The topological polar surface area (TPSA) is 39.4 Å². The van der Waals surface area contributed by atoms with E-state index in [9.17, 15) is 0 Å². The maximum Gasteiger partial charge on any atom is 0.150 e. The number of methoxy groups -OCH3 is 1. The Balaban J connectivity index is 1.84. The van der Waals surface area contributed by atoms with E-state index in [1.807, 2.05) is 60.7 Å². The average molecular weight is 506 g/mol. The van der Waals surface area contributed by atoms with Gasteiger partial charge < -0.3 is 4.74 Å². The lowest BCUT2D eigenvalue weighted by Crippen LogP contribution is -2.01. The zero-order chi connectivity index (χ0) is 23.1. The quantitative estimate of drug-likeness (QED) is 0.247. The van der Waals surface area contributed by atoms with Crippen LogP contribution in [0.1, 0.15) is 0 Å². The molecule has 34 heavy (non-hydrogen) atoms. The van der Waals surface area contributed by atoms with Crippen LogP contribution in [-0.4, -0.2) is 21.5 Å². The molecule has 4 aromatic carbocycles. The van der Waals surface area contributed by atoms with Gasteiger partial charge in [-0.25, -0.2) is 9.97 Å². The van der Waals surface area contributed by atoms with Crippen LogP contribution >= 0.6 is 15.9 Å². The van der Waals surface area contributed by atoms with Crippen molar-refractivity contribution in [2.45, 2.75) is 0 Å². The second kappa shape index (κ2) is 8.43. The van der Waals surface area contributed by atoms with Gasteiger partial charge in [-0.3, -0.25) is 4.40 Å². The van der Waals surface area contributed by atoms with E-state index in [0.29, 0.717) is 0 Å². The van der Waals surface area contributed by atoms with Gasteiger partial charge in [-0.1, -0.05) is 88.7 Å². The maximum absolute atomic E-state index is 5.74. The first-order valence-electron chi connectivity index (χ1n) is 11.0. The number of para-hydroxylation sites is 1. The van der Waals surface area contributed by atoms with Crippen molar-refractivity contribution >= 4 is 32.5 Å². The minimum Gasteiger partial charge on any atom is -0.496 e. The minimum absolute atomic E-state index is 0.764. The van der Waals surface area contributed by atoms with E-state index in [1.54, 1.807) is 7.11 Å². The number of rotatable bonds is 4. The van der Waals surface area contributed by atoms with Crippen molar-refractivity contribution in [1.29, 1.82) is 0 Å². The van der Waals surface area contributed by atoms with Gasteiger partial charge in [0.1, 0.15) is 11.4 Å². The molecule has 2 aromatic heterocycles. The summed E-state index contributed by atoms with van der Waals surface area (Å²) < 4.78 is 8.88. The monoisotopic (exact) mass is 505 g/mol. The molecule has 0 aliphatic carbocycles. The van der Waals surface area contributed by atoms with Crippen LogP contribution < -0.4 is 4.74 Å². The number of benzene rings is 4. The number of fused-ring (bicyclic) bond motifs is 3. The molecular weight excluding hydrogens is 486 g/mol. The van der Waals surface area contributed by atoms with Crippen molar-refractivity contribution in [2.75, 3.05) is 7.11 Å². The third-order valence-electron chi connectivity index (χ3n) is 5.96. The lowest BCUT2D eigenvalue weighted by molar-refractivity contribution is 0.416. The Kier molecular flexibility index (Phi) is 5.12. The van der Waals surface area contributed by atoms with E-state index in [4.69, 9.17) is 14.7 Å². The first-order chi connectivity index (χ1) is 16.7. The van der Waals surface area contributed by atoms with Crippen LogP contribution in [0.25, 0.3) is 50.5 Å². The summed E-state index contributed by atoms with van der Waals surface area (Å²) in [5.41, 5.74) is 6.68. The van der Waals surface area contributed by atoms with Crippen molar-refractivity contribution in [3.8, 4) is 39.7 Å². The number of nitrogens with zero attached hydrogens (tertiary/aromatic N) is 3. The van der Waals surface area contributed by atoms with Gasteiger partial charge >= 0.3 is 0 Å². The predicted molar refractivity (Wildman–Crippen MR) is 141 cm³/mol. The summed E-state index contributed by atoms with van der Waals surface area (Å²) >= 11 is 3.61. The van der Waals surface area contributed by atoms with E-state index in [-0.39, 0.29) is 0 Å². The maximum atomic E-state index is 5.74. The molecule has 6 rings (SSSR count). The highest BCUT2D eigenvalue weighted by Crippen LogP contribution is 2.39. The zero-order valence-electron chi connectivity index (χ0n) is 18.4. The number of halogens is 1. The van der Waals surface area contributed by atoms with Gasteiger partial charge in [-0.05, 0) is 30.3 Å². The van der Waals surface area contributed by atoms with Crippen molar-refractivity contribution in [3.05, 3.63) is 108 Å². The van der Waals surface area contributed by atoms with E-state index < -0.39 is 0 Å². The number of hydrogen-bond acceptors (Lipinski definition) is 3. The van der Waals surface area contributed by atoms with Gasteiger partial charge in [-0.2, -0.15) is 0 Å². The molecule has 0 radical (unpaired) electrons.